The van der Waals surface area contributed by atoms with Crippen molar-refractivity contribution < 1.29 is 5.11 Å². The van der Waals surface area contributed by atoms with Crippen LogP contribution in [-0.4, -0.2) is 57.4 Å². The lowest BCUT2D eigenvalue weighted by atomic mass is 9.99. The van der Waals surface area contributed by atoms with E-state index in [0.29, 0.717) is 12.5 Å². The second-order valence-electron chi connectivity index (χ2n) is 6.65. The summed E-state index contributed by atoms with van der Waals surface area (Å²) in [7, 11) is 0. The summed E-state index contributed by atoms with van der Waals surface area (Å²) in [5.74, 6) is 1.44. The molecular formula is C17H27N5O. The minimum Gasteiger partial charge on any atom is -0.396 e. The Kier molecular flexibility index (Phi) is 4.82. The molecule has 0 bridgehead atoms. The van der Waals surface area contributed by atoms with Gasteiger partial charge >= 0.3 is 0 Å². The standard InChI is InChI=1S/C17H27N5O/c1-12-9-16(22-17(19-12)13(2)14(3)20-22)18-6-8-21-7-4-5-15(10-21)11-23/h9,15,18,23H,4-8,10-11H2,1-3H3. The van der Waals surface area contributed by atoms with Crippen LogP contribution >= 0.6 is 0 Å². The molecule has 1 fully saturated rings. The van der Waals surface area contributed by atoms with Gasteiger partial charge in [-0.1, -0.05) is 0 Å². The number of hydrogen-bond acceptors (Lipinski definition) is 5. The number of likely N-dealkylation sites (tertiary alicyclic amines) is 1. The number of piperidine rings is 1. The number of hydrogen-bond donors (Lipinski definition) is 2. The first-order valence-electron chi connectivity index (χ1n) is 8.49. The zero-order valence-corrected chi connectivity index (χ0v) is 14.3. The largest absolute Gasteiger partial charge is 0.396 e. The van der Waals surface area contributed by atoms with E-state index in [0.717, 1.165) is 61.0 Å². The fourth-order valence-corrected chi connectivity index (χ4v) is 3.32. The Hall–Kier alpha value is -1.66. The Balaban J connectivity index is 1.66. The van der Waals surface area contributed by atoms with Crippen LogP contribution in [0.2, 0.25) is 0 Å². The van der Waals surface area contributed by atoms with Crippen LogP contribution in [0.25, 0.3) is 5.65 Å². The lowest BCUT2D eigenvalue weighted by molar-refractivity contribution is 0.123. The molecule has 6 nitrogen and oxygen atoms in total. The van der Waals surface area contributed by atoms with E-state index in [9.17, 15) is 5.11 Å². The van der Waals surface area contributed by atoms with Gasteiger partial charge in [-0.05, 0) is 46.1 Å². The molecule has 1 saturated heterocycles. The molecular weight excluding hydrogens is 290 g/mol. The summed E-state index contributed by atoms with van der Waals surface area (Å²) in [5, 5.41) is 17.4. The van der Waals surface area contributed by atoms with Crippen LogP contribution in [0.4, 0.5) is 5.82 Å². The lowest BCUT2D eigenvalue weighted by Gasteiger charge is -2.31. The number of nitrogens with one attached hydrogen (secondary N) is 1. The molecule has 6 heteroatoms. The summed E-state index contributed by atoms with van der Waals surface area (Å²) in [6.45, 7) is 10.4. The third-order valence-electron chi connectivity index (χ3n) is 4.78. The minimum absolute atomic E-state index is 0.305. The van der Waals surface area contributed by atoms with Crippen molar-refractivity contribution in [2.75, 3.05) is 38.1 Å². The van der Waals surface area contributed by atoms with E-state index in [1.54, 1.807) is 0 Å². The van der Waals surface area contributed by atoms with E-state index in [4.69, 9.17) is 0 Å². The van der Waals surface area contributed by atoms with E-state index < -0.39 is 0 Å². The van der Waals surface area contributed by atoms with Crippen LogP contribution in [0.15, 0.2) is 6.07 Å². The van der Waals surface area contributed by atoms with E-state index in [2.05, 4.69) is 27.2 Å². The molecule has 2 N–H and O–H groups in total. The van der Waals surface area contributed by atoms with Crippen molar-refractivity contribution in [3.8, 4) is 0 Å². The number of anilines is 1. The van der Waals surface area contributed by atoms with Gasteiger partial charge in [0.1, 0.15) is 5.82 Å². The maximum absolute atomic E-state index is 9.33. The normalized spacial score (nSPS) is 19.4. The van der Waals surface area contributed by atoms with E-state index in [1.165, 1.54) is 6.42 Å². The highest BCUT2D eigenvalue weighted by Crippen LogP contribution is 2.18. The van der Waals surface area contributed by atoms with Gasteiger partial charge in [0.05, 0.1) is 5.69 Å². The van der Waals surface area contributed by atoms with Crippen LogP contribution in [0.3, 0.4) is 0 Å². The number of rotatable bonds is 5. The third kappa shape index (κ3) is 3.48. The Labute approximate surface area is 137 Å². The van der Waals surface area contributed by atoms with Crippen LogP contribution in [0.5, 0.6) is 0 Å². The minimum atomic E-state index is 0.305. The van der Waals surface area contributed by atoms with Gasteiger partial charge in [0.2, 0.25) is 0 Å². The maximum atomic E-state index is 9.33. The second-order valence-corrected chi connectivity index (χ2v) is 6.65. The fraction of sp³-hybridized carbons (Fsp3) is 0.647. The van der Waals surface area contributed by atoms with Crippen molar-refractivity contribution in [3.05, 3.63) is 23.0 Å². The van der Waals surface area contributed by atoms with Crippen molar-refractivity contribution in [1.29, 1.82) is 0 Å². The van der Waals surface area contributed by atoms with Gasteiger partial charge in [-0.25, -0.2) is 4.98 Å². The number of aliphatic hydroxyl groups excluding tert-OH is 1. The Morgan fingerprint density at radius 2 is 2.17 bits per heavy atom. The number of aromatic nitrogens is 3. The molecule has 0 aromatic carbocycles. The Morgan fingerprint density at radius 3 is 2.96 bits per heavy atom. The van der Waals surface area contributed by atoms with Gasteiger partial charge in [0, 0.05) is 43.6 Å². The first-order chi connectivity index (χ1) is 11.1. The van der Waals surface area contributed by atoms with Crippen molar-refractivity contribution in [2.24, 2.45) is 5.92 Å². The first kappa shape index (κ1) is 16.2. The lowest BCUT2D eigenvalue weighted by Crippen LogP contribution is -2.39. The molecule has 23 heavy (non-hydrogen) atoms. The van der Waals surface area contributed by atoms with E-state index in [1.807, 2.05) is 24.4 Å². The molecule has 1 aliphatic heterocycles. The van der Waals surface area contributed by atoms with Crippen molar-refractivity contribution in [2.45, 2.75) is 33.6 Å². The van der Waals surface area contributed by atoms with Gasteiger partial charge < -0.3 is 15.3 Å². The molecule has 3 heterocycles. The fourth-order valence-electron chi connectivity index (χ4n) is 3.32. The summed E-state index contributed by atoms with van der Waals surface area (Å²) in [6.07, 6.45) is 2.33. The van der Waals surface area contributed by atoms with E-state index >= 15 is 0 Å². The van der Waals surface area contributed by atoms with Crippen molar-refractivity contribution >= 4 is 11.5 Å². The van der Waals surface area contributed by atoms with Crippen LogP contribution in [0.1, 0.15) is 29.8 Å². The first-order valence-corrected chi connectivity index (χ1v) is 8.49. The highest BCUT2D eigenvalue weighted by Gasteiger charge is 2.18. The average Bonchev–Trinajstić information content (AvgIpc) is 2.83. The van der Waals surface area contributed by atoms with E-state index in [-0.39, 0.29) is 0 Å². The molecule has 3 rings (SSSR count). The predicted octanol–water partition coefficient (Wildman–Crippen LogP) is 1.77. The topological polar surface area (TPSA) is 65.7 Å². The zero-order valence-electron chi connectivity index (χ0n) is 14.3. The predicted molar refractivity (Wildman–Crippen MR) is 91.9 cm³/mol. The second kappa shape index (κ2) is 6.84. The summed E-state index contributed by atoms with van der Waals surface area (Å²) in [5.41, 5.74) is 4.09. The molecule has 0 saturated carbocycles. The van der Waals surface area contributed by atoms with Gasteiger partial charge in [0.15, 0.2) is 5.65 Å². The molecule has 0 spiro atoms. The smallest absolute Gasteiger partial charge is 0.160 e. The molecule has 0 aliphatic carbocycles. The van der Waals surface area contributed by atoms with Gasteiger partial charge in [0.25, 0.3) is 0 Å². The molecule has 2 aromatic heterocycles. The summed E-state index contributed by atoms with van der Waals surface area (Å²) in [6, 6.07) is 2.05. The van der Waals surface area contributed by atoms with Gasteiger partial charge in [-0.3, -0.25) is 0 Å². The summed E-state index contributed by atoms with van der Waals surface area (Å²) < 4.78 is 1.91. The quantitative estimate of drug-likeness (QED) is 0.880. The molecule has 126 valence electrons. The number of nitrogens with zero attached hydrogens (tertiary/aromatic N) is 4. The van der Waals surface area contributed by atoms with Gasteiger partial charge in [-0.15, -0.1) is 0 Å². The number of aliphatic hydroxyl groups is 1. The van der Waals surface area contributed by atoms with Crippen LogP contribution < -0.4 is 5.32 Å². The molecule has 0 amide bonds. The molecule has 1 atom stereocenters. The highest BCUT2D eigenvalue weighted by molar-refractivity contribution is 5.55. The Bertz CT molecular complexity index is 681. The highest BCUT2D eigenvalue weighted by atomic mass is 16.3. The number of aryl methyl sites for hydroxylation is 3. The molecule has 1 aliphatic rings. The third-order valence-corrected chi connectivity index (χ3v) is 4.78. The number of fused-ring (bicyclic) bond motifs is 1. The molecule has 0 radical (unpaired) electrons. The van der Waals surface area contributed by atoms with Crippen LogP contribution in [-0.2, 0) is 0 Å². The zero-order chi connectivity index (χ0) is 16.4. The average molecular weight is 317 g/mol. The molecule has 2 aromatic rings. The summed E-state index contributed by atoms with van der Waals surface area (Å²) >= 11 is 0. The van der Waals surface area contributed by atoms with Gasteiger partial charge in [-0.2, -0.15) is 9.61 Å². The maximum Gasteiger partial charge on any atom is 0.160 e. The van der Waals surface area contributed by atoms with Crippen molar-refractivity contribution in [3.63, 3.8) is 0 Å². The molecule has 1 unspecified atom stereocenters. The van der Waals surface area contributed by atoms with Crippen LogP contribution in [0, 0.1) is 26.7 Å². The Morgan fingerprint density at radius 1 is 1.35 bits per heavy atom. The summed E-state index contributed by atoms with van der Waals surface area (Å²) in [4.78, 5) is 7.03. The SMILES string of the molecule is Cc1cc(NCCN2CCCC(CO)C2)n2nc(C)c(C)c2n1. The van der Waals surface area contributed by atoms with Crippen molar-refractivity contribution in [1.82, 2.24) is 19.5 Å². The monoisotopic (exact) mass is 317 g/mol.